The van der Waals surface area contributed by atoms with Crippen LogP contribution in [0.1, 0.15) is 55.5 Å². The standard InChI is InChI=1S/C22H22O4/c1-11-7-13(3)17(14(4)8-11)19(23)21(25)22(26)20(24)18-15(5)9-12(2)10-16(18)6/h7-10H,1-6H3/i3D. The Morgan fingerprint density at radius 3 is 1.27 bits per heavy atom. The molecule has 134 valence electrons. The Morgan fingerprint density at radius 1 is 0.615 bits per heavy atom. The van der Waals surface area contributed by atoms with Crippen molar-refractivity contribution in [3.05, 3.63) is 68.8 Å². The third-order valence-electron chi connectivity index (χ3n) is 4.31. The number of carbonyl (C=O) groups excluding carboxylic acids is 4. The normalized spacial score (nSPS) is 11.0. The Bertz CT molecular complexity index is 963. The minimum Gasteiger partial charge on any atom is -0.285 e. The van der Waals surface area contributed by atoms with Gasteiger partial charge in [0.15, 0.2) is 0 Å². The fourth-order valence-corrected chi connectivity index (χ4v) is 3.35. The molecule has 2 aromatic carbocycles. The molecule has 0 spiro atoms. The fraction of sp³-hybridized carbons (Fsp3) is 0.273. The second-order valence-corrected chi connectivity index (χ2v) is 6.71. The minimum atomic E-state index is -1.36. The number of Topliss-reactive ketones (excluding diaryl/α,β-unsaturated/α-hetero) is 4. The molecule has 0 aromatic heterocycles. The Morgan fingerprint density at radius 2 is 0.923 bits per heavy atom. The monoisotopic (exact) mass is 351 g/mol. The summed E-state index contributed by atoms with van der Waals surface area (Å²) in [4.78, 5) is 50.2. The Balaban J connectivity index is 2.43. The third-order valence-corrected chi connectivity index (χ3v) is 4.31. The molecular weight excluding hydrogens is 328 g/mol. The summed E-state index contributed by atoms with van der Waals surface area (Å²) in [5.41, 5.74) is 4.05. The van der Waals surface area contributed by atoms with Crippen LogP contribution < -0.4 is 0 Å². The number of carbonyl (C=O) groups is 4. The predicted octanol–water partition coefficient (Wildman–Crippen LogP) is 3.74. The van der Waals surface area contributed by atoms with E-state index >= 15 is 0 Å². The zero-order valence-electron chi connectivity index (χ0n) is 16.6. The van der Waals surface area contributed by atoms with Gasteiger partial charge in [0.25, 0.3) is 11.6 Å². The van der Waals surface area contributed by atoms with Crippen LogP contribution in [0.3, 0.4) is 0 Å². The van der Waals surface area contributed by atoms with Gasteiger partial charge in [0.05, 0.1) is 0 Å². The highest BCUT2D eigenvalue weighted by Gasteiger charge is 2.33. The van der Waals surface area contributed by atoms with Crippen LogP contribution in [0.15, 0.2) is 24.3 Å². The molecule has 4 nitrogen and oxygen atoms in total. The second-order valence-electron chi connectivity index (χ2n) is 6.71. The van der Waals surface area contributed by atoms with Crippen LogP contribution in [-0.2, 0) is 9.59 Å². The van der Waals surface area contributed by atoms with E-state index in [1.807, 2.05) is 13.8 Å². The van der Waals surface area contributed by atoms with E-state index in [0.717, 1.165) is 11.1 Å². The molecule has 0 amide bonds. The number of rotatable bonds is 5. The molecule has 0 bridgehead atoms. The van der Waals surface area contributed by atoms with Crippen molar-refractivity contribution in [3.63, 3.8) is 0 Å². The number of benzene rings is 2. The maximum Gasteiger partial charge on any atom is 0.277 e. The topological polar surface area (TPSA) is 68.3 Å². The average molecular weight is 351 g/mol. The van der Waals surface area contributed by atoms with Gasteiger partial charge in [-0.15, -0.1) is 0 Å². The lowest BCUT2D eigenvalue weighted by Crippen LogP contribution is -2.32. The first-order chi connectivity index (χ1) is 12.6. The molecule has 0 radical (unpaired) electrons. The highest BCUT2D eigenvalue weighted by molar-refractivity contribution is 6.81. The largest absolute Gasteiger partial charge is 0.285 e. The van der Waals surface area contributed by atoms with Crippen molar-refractivity contribution in [1.82, 2.24) is 0 Å². The molecule has 0 unspecified atom stereocenters. The summed E-state index contributed by atoms with van der Waals surface area (Å²) in [5, 5.41) is 0. The lowest BCUT2D eigenvalue weighted by atomic mass is 9.90. The second kappa shape index (κ2) is 7.16. The molecular formula is C22H22O4. The number of aryl methyl sites for hydroxylation is 6. The van der Waals surface area contributed by atoms with Gasteiger partial charge in [-0.2, -0.15) is 0 Å². The summed E-state index contributed by atoms with van der Waals surface area (Å²) in [7, 11) is 0. The van der Waals surface area contributed by atoms with Gasteiger partial charge >= 0.3 is 0 Å². The number of ketones is 4. The van der Waals surface area contributed by atoms with E-state index in [0.29, 0.717) is 22.3 Å². The molecule has 0 saturated carbocycles. The van der Waals surface area contributed by atoms with Crippen LogP contribution in [-0.4, -0.2) is 23.1 Å². The summed E-state index contributed by atoms with van der Waals surface area (Å²) < 4.78 is 7.60. The molecule has 0 aliphatic heterocycles. The van der Waals surface area contributed by atoms with Crippen LogP contribution in [0.5, 0.6) is 0 Å². The maximum atomic E-state index is 12.7. The zero-order valence-corrected chi connectivity index (χ0v) is 15.6. The van der Waals surface area contributed by atoms with Crippen molar-refractivity contribution in [3.8, 4) is 0 Å². The zero-order chi connectivity index (χ0) is 20.5. The minimum absolute atomic E-state index is 0.0408. The lowest BCUT2D eigenvalue weighted by molar-refractivity contribution is -0.131. The highest BCUT2D eigenvalue weighted by atomic mass is 16.2. The van der Waals surface area contributed by atoms with E-state index in [9.17, 15) is 19.2 Å². The van der Waals surface area contributed by atoms with E-state index < -0.39 is 23.1 Å². The molecule has 0 heterocycles. The van der Waals surface area contributed by atoms with Crippen LogP contribution in [0.25, 0.3) is 0 Å². The summed E-state index contributed by atoms with van der Waals surface area (Å²) >= 11 is 0. The SMILES string of the molecule is [2H]Cc1cc(C)cc(C)c1C(=O)C(=O)C(=O)C(=O)c1c(C)cc(C)cc1C. The first kappa shape index (κ1) is 17.9. The smallest absolute Gasteiger partial charge is 0.277 e. The van der Waals surface area contributed by atoms with Crippen LogP contribution in [0.4, 0.5) is 0 Å². The molecule has 26 heavy (non-hydrogen) atoms. The van der Waals surface area contributed by atoms with Crippen molar-refractivity contribution in [2.75, 3.05) is 0 Å². The molecule has 0 fully saturated rings. The molecule has 0 saturated heterocycles. The van der Waals surface area contributed by atoms with Gasteiger partial charge in [-0.3, -0.25) is 19.2 Å². The quantitative estimate of drug-likeness (QED) is 0.467. The molecule has 4 heteroatoms. The van der Waals surface area contributed by atoms with Gasteiger partial charge in [0.2, 0.25) is 11.6 Å². The summed E-state index contributed by atoms with van der Waals surface area (Å²) in [6.45, 7) is 8.51. The van der Waals surface area contributed by atoms with Gasteiger partial charge in [0.1, 0.15) is 0 Å². The van der Waals surface area contributed by atoms with Gasteiger partial charge in [0, 0.05) is 12.5 Å². The van der Waals surface area contributed by atoms with Gasteiger partial charge in [-0.05, 0) is 63.8 Å². The first-order valence-corrected chi connectivity index (χ1v) is 8.23. The molecule has 0 aliphatic carbocycles. The van der Waals surface area contributed by atoms with Gasteiger partial charge < -0.3 is 0 Å². The lowest BCUT2D eigenvalue weighted by Gasteiger charge is -2.11. The van der Waals surface area contributed by atoms with E-state index in [4.69, 9.17) is 1.37 Å². The number of hydrogen-bond acceptors (Lipinski definition) is 4. The maximum absolute atomic E-state index is 12.7. The highest BCUT2D eigenvalue weighted by Crippen LogP contribution is 2.20. The van der Waals surface area contributed by atoms with Crippen LogP contribution in [0.2, 0.25) is 0 Å². The first-order valence-electron chi connectivity index (χ1n) is 8.94. The molecule has 0 aliphatic rings. The van der Waals surface area contributed by atoms with Crippen molar-refractivity contribution in [2.24, 2.45) is 0 Å². The van der Waals surface area contributed by atoms with Crippen molar-refractivity contribution in [1.29, 1.82) is 0 Å². The van der Waals surface area contributed by atoms with E-state index in [1.54, 1.807) is 45.0 Å². The Hall–Kier alpha value is -2.88. The Kier molecular flexibility index (Phi) is 4.94. The van der Waals surface area contributed by atoms with Crippen LogP contribution >= 0.6 is 0 Å². The molecule has 2 rings (SSSR count). The van der Waals surface area contributed by atoms with E-state index in [1.165, 1.54) is 0 Å². The summed E-state index contributed by atoms with van der Waals surface area (Å²) in [6, 6.07) is 6.85. The molecule has 0 atom stereocenters. The molecule has 0 N–H and O–H groups in total. The molecule has 2 aromatic rings. The predicted molar refractivity (Wildman–Crippen MR) is 100.0 cm³/mol. The average Bonchev–Trinajstić information content (AvgIpc) is 2.58. The Labute approximate surface area is 154 Å². The van der Waals surface area contributed by atoms with Crippen molar-refractivity contribution >= 4 is 23.1 Å². The van der Waals surface area contributed by atoms with Crippen molar-refractivity contribution < 1.29 is 20.5 Å². The summed E-state index contributed by atoms with van der Waals surface area (Å²) in [5.74, 6) is -4.71. The fourth-order valence-electron chi connectivity index (χ4n) is 3.35. The van der Waals surface area contributed by atoms with E-state index in [2.05, 4.69) is 0 Å². The van der Waals surface area contributed by atoms with Crippen molar-refractivity contribution in [2.45, 2.75) is 41.5 Å². The summed E-state index contributed by atoms with van der Waals surface area (Å²) in [6.07, 6.45) is 0. The van der Waals surface area contributed by atoms with Gasteiger partial charge in [-0.1, -0.05) is 35.4 Å². The third kappa shape index (κ3) is 3.54. The van der Waals surface area contributed by atoms with Crippen LogP contribution in [0, 0.1) is 41.5 Å². The van der Waals surface area contributed by atoms with Gasteiger partial charge in [-0.25, -0.2) is 0 Å². The number of hydrogen-bond donors (Lipinski definition) is 0. The van der Waals surface area contributed by atoms with E-state index in [-0.39, 0.29) is 18.0 Å².